The largest absolute Gasteiger partial charge is 0.480 e. The molecule has 0 aliphatic heterocycles. The number of ether oxygens (including phenoxy) is 2. The third-order valence-corrected chi connectivity index (χ3v) is 4.82. The Morgan fingerprint density at radius 1 is 1.03 bits per heavy atom. The van der Waals surface area contributed by atoms with Crippen LogP contribution in [0.2, 0.25) is 0 Å². The van der Waals surface area contributed by atoms with Gasteiger partial charge in [-0.2, -0.15) is 4.98 Å². The summed E-state index contributed by atoms with van der Waals surface area (Å²) in [4.78, 5) is 13.0. The first kappa shape index (κ1) is 20.3. The van der Waals surface area contributed by atoms with Crippen molar-refractivity contribution in [3.63, 3.8) is 0 Å². The molecule has 31 heavy (non-hydrogen) atoms. The van der Waals surface area contributed by atoms with Crippen molar-refractivity contribution in [3.05, 3.63) is 60.4 Å². The minimum atomic E-state index is -0.0380. The molecule has 9 heteroatoms. The van der Waals surface area contributed by atoms with E-state index in [0.717, 1.165) is 39.0 Å². The van der Waals surface area contributed by atoms with Crippen LogP contribution in [-0.4, -0.2) is 34.3 Å². The summed E-state index contributed by atoms with van der Waals surface area (Å²) in [6, 6.07) is 13.6. The number of nitrogens with zero attached hydrogens (tertiary/aromatic N) is 3. The van der Waals surface area contributed by atoms with Crippen molar-refractivity contribution >= 4 is 28.0 Å². The van der Waals surface area contributed by atoms with Gasteiger partial charge in [0.05, 0.1) is 49.5 Å². The Kier molecular flexibility index (Phi) is 5.78. The fourth-order valence-electron chi connectivity index (χ4n) is 3.30. The average molecular weight is 418 g/mol. The van der Waals surface area contributed by atoms with E-state index in [-0.39, 0.29) is 12.6 Å². The Balaban J connectivity index is 1.80. The fraction of sp³-hybridized carbons (Fsp3) is 0.136. The fourth-order valence-corrected chi connectivity index (χ4v) is 3.30. The zero-order chi connectivity index (χ0) is 21.8. The van der Waals surface area contributed by atoms with Crippen molar-refractivity contribution in [1.29, 1.82) is 0 Å². The highest BCUT2D eigenvalue weighted by Crippen LogP contribution is 2.36. The molecule has 9 nitrogen and oxygen atoms in total. The number of aliphatic hydroxyl groups is 1. The van der Waals surface area contributed by atoms with E-state index in [0.29, 0.717) is 11.6 Å². The highest BCUT2D eigenvalue weighted by Gasteiger charge is 2.14. The van der Waals surface area contributed by atoms with E-state index < -0.39 is 0 Å². The summed E-state index contributed by atoms with van der Waals surface area (Å²) in [5.41, 5.74) is 8.04. The van der Waals surface area contributed by atoms with Crippen molar-refractivity contribution in [3.8, 4) is 23.0 Å². The van der Waals surface area contributed by atoms with Crippen molar-refractivity contribution < 1.29 is 14.6 Å². The Bertz CT molecular complexity index is 1230. The number of fused-ring (bicyclic) bond motifs is 1. The third-order valence-electron chi connectivity index (χ3n) is 4.82. The van der Waals surface area contributed by atoms with Gasteiger partial charge in [-0.3, -0.25) is 10.8 Å². The van der Waals surface area contributed by atoms with E-state index in [2.05, 4.69) is 25.7 Å². The maximum Gasteiger partial charge on any atom is 0.319 e. The standard InChI is InChI=1S/C22H22N6O3/c1-30-21-17(10-25-22(27-21)31-2)14-6-7-16-18(9-14)24-11-19(28-23)20(16)26-15-5-3-4-13(8-15)12-29/h3-11,28-29H,12,23H2,1-2H3,(H,24,26). The van der Waals surface area contributed by atoms with Crippen LogP contribution < -0.4 is 26.1 Å². The molecule has 0 amide bonds. The molecule has 0 saturated carbocycles. The maximum atomic E-state index is 9.42. The summed E-state index contributed by atoms with van der Waals surface area (Å²) in [6.45, 7) is -0.0380. The predicted molar refractivity (Wildman–Crippen MR) is 119 cm³/mol. The van der Waals surface area contributed by atoms with E-state index >= 15 is 0 Å². The van der Waals surface area contributed by atoms with Crippen molar-refractivity contribution in [2.45, 2.75) is 6.61 Å². The number of benzene rings is 2. The summed E-state index contributed by atoms with van der Waals surface area (Å²) in [6.07, 6.45) is 3.31. The second kappa shape index (κ2) is 8.82. The first-order valence-corrected chi connectivity index (χ1v) is 9.48. The number of pyridine rings is 1. The van der Waals surface area contributed by atoms with Crippen LogP contribution in [0.25, 0.3) is 22.0 Å². The SMILES string of the molecule is COc1ncc(-c2ccc3c(Nc4cccc(CO)c4)c(NN)cnc3c2)c(OC)n1. The second-order valence-electron chi connectivity index (χ2n) is 6.69. The number of hydrogen-bond donors (Lipinski definition) is 4. The Morgan fingerprint density at radius 3 is 2.65 bits per heavy atom. The van der Waals surface area contributed by atoms with Gasteiger partial charge in [0.25, 0.3) is 0 Å². The molecule has 2 aromatic heterocycles. The number of nitrogens with one attached hydrogen (secondary N) is 2. The first-order valence-electron chi connectivity index (χ1n) is 9.48. The van der Waals surface area contributed by atoms with Crippen molar-refractivity contribution in [2.24, 2.45) is 5.84 Å². The molecule has 2 aromatic carbocycles. The molecule has 2 heterocycles. The summed E-state index contributed by atoms with van der Waals surface area (Å²) in [5.74, 6) is 6.13. The molecular weight excluding hydrogens is 396 g/mol. The zero-order valence-electron chi connectivity index (χ0n) is 17.1. The van der Waals surface area contributed by atoms with Crippen LogP contribution in [0.1, 0.15) is 5.56 Å². The summed E-state index contributed by atoms with van der Waals surface area (Å²) in [5, 5.41) is 13.7. The van der Waals surface area contributed by atoms with Crippen molar-refractivity contribution in [1.82, 2.24) is 15.0 Å². The van der Waals surface area contributed by atoms with Gasteiger partial charge in [-0.1, -0.05) is 24.3 Å². The molecule has 0 spiro atoms. The molecule has 0 unspecified atom stereocenters. The average Bonchev–Trinajstić information content (AvgIpc) is 2.83. The van der Waals surface area contributed by atoms with Gasteiger partial charge in [-0.15, -0.1) is 0 Å². The normalized spacial score (nSPS) is 10.7. The lowest BCUT2D eigenvalue weighted by Gasteiger charge is -2.16. The van der Waals surface area contributed by atoms with Gasteiger partial charge in [0, 0.05) is 17.3 Å². The van der Waals surface area contributed by atoms with Crippen molar-refractivity contribution in [2.75, 3.05) is 25.0 Å². The highest BCUT2D eigenvalue weighted by atomic mass is 16.5. The third kappa shape index (κ3) is 4.04. The van der Waals surface area contributed by atoms with Gasteiger partial charge in [-0.25, -0.2) is 4.98 Å². The number of aliphatic hydroxyl groups excluding tert-OH is 1. The summed E-state index contributed by atoms with van der Waals surface area (Å²) in [7, 11) is 3.05. The molecule has 0 aliphatic carbocycles. The van der Waals surface area contributed by atoms with Crippen LogP contribution in [-0.2, 0) is 6.61 Å². The van der Waals surface area contributed by atoms with Crippen LogP contribution in [0.3, 0.4) is 0 Å². The Morgan fingerprint density at radius 2 is 1.90 bits per heavy atom. The number of rotatable bonds is 7. The van der Waals surface area contributed by atoms with Crippen LogP contribution in [0.5, 0.6) is 11.9 Å². The first-order chi connectivity index (χ1) is 15.2. The molecule has 5 N–H and O–H groups in total. The van der Waals surface area contributed by atoms with Crippen LogP contribution >= 0.6 is 0 Å². The van der Waals surface area contributed by atoms with Gasteiger partial charge < -0.3 is 25.3 Å². The van der Waals surface area contributed by atoms with Crippen LogP contribution in [0.15, 0.2) is 54.9 Å². The van der Waals surface area contributed by atoms with Crippen LogP contribution in [0, 0.1) is 0 Å². The smallest absolute Gasteiger partial charge is 0.319 e. The topological polar surface area (TPSA) is 127 Å². The molecule has 0 saturated heterocycles. The Hall–Kier alpha value is -3.95. The quantitative estimate of drug-likeness (QED) is 0.264. The van der Waals surface area contributed by atoms with E-state index in [1.807, 2.05) is 42.5 Å². The van der Waals surface area contributed by atoms with Crippen LogP contribution in [0.4, 0.5) is 17.1 Å². The lowest BCUT2D eigenvalue weighted by molar-refractivity contribution is 0.282. The minimum Gasteiger partial charge on any atom is -0.480 e. The monoisotopic (exact) mass is 418 g/mol. The van der Waals surface area contributed by atoms with Gasteiger partial charge in [0.1, 0.15) is 0 Å². The summed E-state index contributed by atoms with van der Waals surface area (Å²) >= 11 is 0. The molecule has 4 rings (SSSR count). The molecule has 158 valence electrons. The number of hydrogen-bond acceptors (Lipinski definition) is 9. The van der Waals surface area contributed by atoms with Gasteiger partial charge in [0.2, 0.25) is 5.88 Å². The molecule has 0 atom stereocenters. The zero-order valence-corrected chi connectivity index (χ0v) is 17.1. The van der Waals surface area contributed by atoms with Gasteiger partial charge in [-0.05, 0) is 29.3 Å². The molecular formula is C22H22N6O3. The maximum absolute atomic E-state index is 9.42. The lowest BCUT2D eigenvalue weighted by atomic mass is 10.0. The second-order valence-corrected chi connectivity index (χ2v) is 6.69. The number of nitrogens with two attached hydrogens (primary N) is 1. The molecule has 0 radical (unpaired) electrons. The van der Waals surface area contributed by atoms with E-state index in [1.165, 1.54) is 7.11 Å². The molecule has 0 aliphatic rings. The lowest BCUT2D eigenvalue weighted by Crippen LogP contribution is -2.10. The molecule has 0 fully saturated rings. The number of methoxy groups -OCH3 is 2. The number of anilines is 3. The van der Waals surface area contributed by atoms with Gasteiger partial charge >= 0.3 is 6.01 Å². The Labute approximate surface area is 178 Å². The molecule has 4 aromatic rings. The van der Waals surface area contributed by atoms with E-state index in [9.17, 15) is 5.11 Å². The molecule has 0 bridgehead atoms. The number of aromatic nitrogens is 3. The number of nitrogen functional groups attached to an aromatic ring is 1. The predicted octanol–water partition coefficient (Wildman–Crippen LogP) is 3.23. The highest BCUT2D eigenvalue weighted by molar-refractivity contribution is 6.00. The summed E-state index contributed by atoms with van der Waals surface area (Å²) < 4.78 is 10.5. The minimum absolute atomic E-state index is 0.0380. The van der Waals surface area contributed by atoms with E-state index in [4.69, 9.17) is 15.3 Å². The van der Waals surface area contributed by atoms with E-state index in [1.54, 1.807) is 19.5 Å². The van der Waals surface area contributed by atoms with Gasteiger partial charge in [0.15, 0.2) is 0 Å². The number of hydrazine groups is 1.